The van der Waals surface area contributed by atoms with Crippen molar-refractivity contribution in [1.29, 1.82) is 0 Å². The summed E-state index contributed by atoms with van der Waals surface area (Å²) in [5.41, 5.74) is 1.94. The van der Waals surface area contributed by atoms with Crippen molar-refractivity contribution in [2.75, 3.05) is 21.3 Å². The number of ether oxygens (including phenoxy) is 2. The first-order valence-electron chi connectivity index (χ1n) is 6.19. The smallest absolute Gasteiger partial charge is 0.127 e. The van der Waals surface area contributed by atoms with Gasteiger partial charge in [0.1, 0.15) is 11.5 Å². The van der Waals surface area contributed by atoms with E-state index in [0.29, 0.717) is 5.02 Å². The second kappa shape index (κ2) is 6.59. The van der Waals surface area contributed by atoms with Crippen molar-refractivity contribution in [3.05, 3.63) is 52.8 Å². The topological polar surface area (TPSA) is 43.4 Å². The van der Waals surface area contributed by atoms with Gasteiger partial charge in [0.15, 0.2) is 0 Å². The number of methoxy groups -OCH3 is 2. The number of aromatic nitrogens is 1. The van der Waals surface area contributed by atoms with Gasteiger partial charge < -0.3 is 14.8 Å². The Morgan fingerprint density at radius 1 is 1.15 bits per heavy atom. The summed E-state index contributed by atoms with van der Waals surface area (Å²) < 4.78 is 10.7. The summed E-state index contributed by atoms with van der Waals surface area (Å²) in [6.45, 7) is 0. The predicted molar refractivity (Wildman–Crippen MR) is 79.7 cm³/mol. The van der Waals surface area contributed by atoms with Gasteiger partial charge in [0.25, 0.3) is 0 Å². The summed E-state index contributed by atoms with van der Waals surface area (Å²) in [6, 6.07) is 7.54. The largest absolute Gasteiger partial charge is 0.497 e. The van der Waals surface area contributed by atoms with E-state index in [9.17, 15) is 0 Å². The second-order valence-electron chi connectivity index (χ2n) is 4.23. The van der Waals surface area contributed by atoms with Crippen molar-refractivity contribution in [3.63, 3.8) is 0 Å². The summed E-state index contributed by atoms with van der Waals surface area (Å²) in [5.74, 6) is 1.50. The van der Waals surface area contributed by atoms with Gasteiger partial charge in [-0.1, -0.05) is 11.6 Å². The molecule has 20 heavy (non-hydrogen) atoms. The number of hydrogen-bond donors (Lipinski definition) is 1. The molecule has 5 heteroatoms. The van der Waals surface area contributed by atoms with Crippen LogP contribution >= 0.6 is 11.6 Å². The SMILES string of the molecule is CNC(c1ccncc1Cl)c1ccc(OC)cc1OC. The van der Waals surface area contributed by atoms with Crippen LogP contribution in [-0.4, -0.2) is 26.3 Å². The van der Waals surface area contributed by atoms with Crippen LogP contribution in [0, 0.1) is 0 Å². The molecule has 106 valence electrons. The zero-order valence-corrected chi connectivity index (χ0v) is 12.4. The van der Waals surface area contributed by atoms with Gasteiger partial charge in [-0.2, -0.15) is 0 Å². The molecule has 1 N–H and O–H groups in total. The molecule has 1 unspecified atom stereocenters. The van der Waals surface area contributed by atoms with Gasteiger partial charge in [0, 0.05) is 24.0 Å². The van der Waals surface area contributed by atoms with Crippen LogP contribution in [0.5, 0.6) is 11.5 Å². The van der Waals surface area contributed by atoms with Crippen LogP contribution in [0.15, 0.2) is 36.7 Å². The lowest BCUT2D eigenvalue weighted by Crippen LogP contribution is -2.19. The second-order valence-corrected chi connectivity index (χ2v) is 4.63. The number of nitrogens with zero attached hydrogens (tertiary/aromatic N) is 1. The van der Waals surface area contributed by atoms with Gasteiger partial charge in [-0.15, -0.1) is 0 Å². The van der Waals surface area contributed by atoms with Crippen molar-refractivity contribution in [2.45, 2.75) is 6.04 Å². The van der Waals surface area contributed by atoms with E-state index in [1.54, 1.807) is 26.6 Å². The van der Waals surface area contributed by atoms with E-state index in [0.717, 1.165) is 22.6 Å². The van der Waals surface area contributed by atoms with E-state index in [4.69, 9.17) is 21.1 Å². The Kier molecular flexibility index (Phi) is 4.82. The quantitative estimate of drug-likeness (QED) is 0.920. The van der Waals surface area contributed by atoms with Crippen molar-refractivity contribution in [3.8, 4) is 11.5 Å². The third-order valence-corrected chi connectivity index (χ3v) is 3.47. The molecule has 0 saturated heterocycles. The first kappa shape index (κ1) is 14.6. The fourth-order valence-corrected chi connectivity index (χ4v) is 2.38. The van der Waals surface area contributed by atoms with Gasteiger partial charge >= 0.3 is 0 Å². The number of halogens is 1. The number of nitrogens with one attached hydrogen (secondary N) is 1. The minimum Gasteiger partial charge on any atom is -0.497 e. The van der Waals surface area contributed by atoms with E-state index in [2.05, 4.69) is 10.3 Å². The van der Waals surface area contributed by atoms with Crippen LogP contribution in [0.4, 0.5) is 0 Å². The molecule has 4 nitrogen and oxygen atoms in total. The van der Waals surface area contributed by atoms with Crippen LogP contribution in [0.1, 0.15) is 17.2 Å². The monoisotopic (exact) mass is 292 g/mol. The highest BCUT2D eigenvalue weighted by Gasteiger charge is 2.19. The zero-order chi connectivity index (χ0) is 14.5. The lowest BCUT2D eigenvalue weighted by molar-refractivity contribution is 0.388. The van der Waals surface area contributed by atoms with Crippen molar-refractivity contribution >= 4 is 11.6 Å². The molecule has 0 fully saturated rings. The fraction of sp³-hybridized carbons (Fsp3) is 0.267. The highest BCUT2D eigenvalue weighted by atomic mass is 35.5. The fourth-order valence-electron chi connectivity index (χ4n) is 2.16. The van der Waals surface area contributed by atoms with Gasteiger partial charge in [0.05, 0.1) is 25.3 Å². The Morgan fingerprint density at radius 2 is 1.95 bits per heavy atom. The first-order chi connectivity index (χ1) is 9.71. The van der Waals surface area contributed by atoms with Crippen LogP contribution < -0.4 is 14.8 Å². The first-order valence-corrected chi connectivity index (χ1v) is 6.57. The molecule has 0 aliphatic carbocycles. The Balaban J connectivity index is 2.49. The third kappa shape index (κ3) is 2.86. The normalized spacial score (nSPS) is 12.0. The maximum Gasteiger partial charge on any atom is 0.127 e. The van der Waals surface area contributed by atoms with Crippen LogP contribution in [0.3, 0.4) is 0 Å². The molecule has 0 amide bonds. The highest BCUT2D eigenvalue weighted by molar-refractivity contribution is 6.31. The summed E-state index contributed by atoms with van der Waals surface area (Å²) in [4.78, 5) is 4.01. The number of hydrogen-bond acceptors (Lipinski definition) is 4. The molecule has 0 bridgehead atoms. The van der Waals surface area contributed by atoms with E-state index in [-0.39, 0.29) is 6.04 Å². The molecule has 1 aromatic heterocycles. The molecule has 1 aromatic carbocycles. The van der Waals surface area contributed by atoms with Gasteiger partial charge in [-0.25, -0.2) is 0 Å². The zero-order valence-electron chi connectivity index (χ0n) is 11.7. The van der Waals surface area contributed by atoms with Crippen LogP contribution in [0.2, 0.25) is 5.02 Å². The Bertz CT molecular complexity index is 590. The molecule has 0 spiro atoms. The van der Waals surface area contributed by atoms with E-state index in [1.165, 1.54) is 0 Å². The molecule has 0 aliphatic rings. The maximum atomic E-state index is 6.23. The Morgan fingerprint density at radius 3 is 2.55 bits per heavy atom. The lowest BCUT2D eigenvalue weighted by atomic mass is 9.98. The van der Waals surface area contributed by atoms with Gasteiger partial charge in [0.2, 0.25) is 0 Å². The third-order valence-electron chi connectivity index (χ3n) is 3.16. The molecule has 2 rings (SSSR count). The summed E-state index contributed by atoms with van der Waals surface area (Å²) in [6.07, 6.45) is 3.36. The molecular formula is C15H17ClN2O2. The van der Waals surface area contributed by atoms with Gasteiger partial charge in [-0.3, -0.25) is 4.98 Å². The Hall–Kier alpha value is -1.78. The van der Waals surface area contributed by atoms with E-state index >= 15 is 0 Å². The van der Waals surface area contributed by atoms with Crippen LogP contribution in [-0.2, 0) is 0 Å². The van der Waals surface area contributed by atoms with Gasteiger partial charge in [-0.05, 0) is 30.8 Å². The van der Waals surface area contributed by atoms with Crippen molar-refractivity contribution in [2.24, 2.45) is 0 Å². The minimum absolute atomic E-state index is 0.0774. The van der Waals surface area contributed by atoms with Crippen LogP contribution in [0.25, 0.3) is 0 Å². The van der Waals surface area contributed by atoms with E-state index < -0.39 is 0 Å². The molecule has 1 atom stereocenters. The highest BCUT2D eigenvalue weighted by Crippen LogP contribution is 2.35. The summed E-state index contributed by atoms with van der Waals surface area (Å²) in [7, 11) is 5.15. The Labute approximate surface area is 123 Å². The molecule has 0 aliphatic heterocycles. The summed E-state index contributed by atoms with van der Waals surface area (Å²) >= 11 is 6.23. The average molecular weight is 293 g/mol. The standard InChI is InChI=1S/C15H17ClN2O2/c1-17-15(11-6-7-18-9-13(11)16)12-5-4-10(19-2)8-14(12)20-3/h4-9,15,17H,1-3H3. The molecule has 0 radical (unpaired) electrons. The maximum absolute atomic E-state index is 6.23. The number of benzene rings is 1. The molecule has 2 aromatic rings. The molecular weight excluding hydrogens is 276 g/mol. The lowest BCUT2D eigenvalue weighted by Gasteiger charge is -2.21. The number of rotatable bonds is 5. The summed E-state index contributed by atoms with van der Waals surface area (Å²) in [5, 5.41) is 3.87. The number of pyridine rings is 1. The predicted octanol–water partition coefficient (Wildman–Crippen LogP) is 3.06. The van der Waals surface area contributed by atoms with Crippen molar-refractivity contribution in [1.82, 2.24) is 10.3 Å². The average Bonchev–Trinajstić information content (AvgIpc) is 2.50. The minimum atomic E-state index is -0.0774. The van der Waals surface area contributed by atoms with Crippen molar-refractivity contribution < 1.29 is 9.47 Å². The molecule has 0 saturated carbocycles. The molecule has 1 heterocycles. The van der Waals surface area contributed by atoms with E-state index in [1.807, 2.05) is 31.3 Å².